The molecule has 0 saturated carbocycles. The van der Waals surface area contributed by atoms with Gasteiger partial charge >= 0.3 is 5.69 Å². The maximum Gasteiger partial charge on any atom is 0.329 e. The Bertz CT molecular complexity index is 1410. The number of aromatic nitrogens is 3. The first-order chi connectivity index (χ1) is 17.0. The number of rotatable bonds is 10. The molecular weight excluding hydrogens is 448 g/mol. The van der Waals surface area contributed by atoms with Gasteiger partial charge in [0.15, 0.2) is 0 Å². The van der Waals surface area contributed by atoms with Crippen LogP contribution in [0.1, 0.15) is 28.9 Å². The Balaban J connectivity index is 1.18. The number of aryl methyl sites for hydroxylation is 1. The standard InChI is InChI=1S/C26H26N4O5/c1-30-23-21(24(31)29-26(30)33)13-14-22(28-23)25(32)27-15-5-6-16-34-19-9-11-20(12-10-19)35-17-18-7-3-2-4-8-18/h2-4,7-14H,5-6,15-17H2,1H3,(H,27,32)(H,29,31,33). The fraction of sp³-hybridized carbons (Fsp3) is 0.231. The van der Waals surface area contributed by atoms with Crippen LogP contribution < -0.4 is 26.0 Å². The molecule has 0 saturated heterocycles. The molecule has 0 radical (unpaired) electrons. The predicted molar refractivity (Wildman–Crippen MR) is 132 cm³/mol. The van der Waals surface area contributed by atoms with Gasteiger partial charge in [-0.05, 0) is 54.8 Å². The third kappa shape index (κ3) is 6.14. The van der Waals surface area contributed by atoms with E-state index in [1.54, 1.807) is 0 Å². The van der Waals surface area contributed by atoms with Crippen molar-refractivity contribution in [3.05, 3.63) is 98.8 Å². The number of hydrogen-bond donors (Lipinski definition) is 2. The summed E-state index contributed by atoms with van der Waals surface area (Å²) in [5.41, 5.74) is 0.302. The molecule has 0 bridgehead atoms. The molecule has 0 aliphatic carbocycles. The van der Waals surface area contributed by atoms with Gasteiger partial charge in [-0.3, -0.25) is 19.1 Å². The van der Waals surface area contributed by atoms with Gasteiger partial charge < -0.3 is 14.8 Å². The zero-order valence-corrected chi connectivity index (χ0v) is 19.3. The van der Waals surface area contributed by atoms with Crippen LogP contribution in [0.4, 0.5) is 0 Å². The molecule has 1 amide bonds. The van der Waals surface area contributed by atoms with Crippen LogP contribution in [0.3, 0.4) is 0 Å². The van der Waals surface area contributed by atoms with Crippen molar-refractivity contribution in [3.8, 4) is 11.5 Å². The van der Waals surface area contributed by atoms with Gasteiger partial charge in [-0.1, -0.05) is 30.3 Å². The van der Waals surface area contributed by atoms with Gasteiger partial charge in [-0.15, -0.1) is 0 Å². The van der Waals surface area contributed by atoms with E-state index in [0.29, 0.717) is 19.8 Å². The minimum atomic E-state index is -0.582. The number of amides is 1. The molecule has 0 fully saturated rings. The van der Waals surface area contributed by atoms with Crippen LogP contribution in [0.5, 0.6) is 11.5 Å². The largest absolute Gasteiger partial charge is 0.494 e. The van der Waals surface area contributed by atoms with Crippen molar-refractivity contribution < 1.29 is 14.3 Å². The number of unbranched alkanes of at least 4 members (excludes halogenated alkanes) is 1. The third-order valence-electron chi connectivity index (χ3n) is 5.39. The second kappa shape index (κ2) is 11.1. The van der Waals surface area contributed by atoms with E-state index in [0.717, 1.165) is 29.9 Å². The Morgan fingerprint density at radius 3 is 2.40 bits per heavy atom. The van der Waals surface area contributed by atoms with Crippen LogP contribution in [-0.2, 0) is 13.7 Å². The summed E-state index contributed by atoms with van der Waals surface area (Å²) in [6, 6.07) is 20.4. The van der Waals surface area contributed by atoms with Crippen molar-refractivity contribution in [2.45, 2.75) is 19.4 Å². The van der Waals surface area contributed by atoms with E-state index in [1.165, 1.54) is 23.7 Å². The number of fused-ring (bicyclic) bond motifs is 1. The number of nitrogens with one attached hydrogen (secondary N) is 2. The van der Waals surface area contributed by atoms with Crippen LogP contribution in [0, 0.1) is 0 Å². The van der Waals surface area contributed by atoms with E-state index < -0.39 is 11.2 Å². The number of H-pyrrole nitrogens is 1. The third-order valence-corrected chi connectivity index (χ3v) is 5.39. The van der Waals surface area contributed by atoms with Gasteiger partial charge in [0.05, 0.1) is 12.0 Å². The number of pyridine rings is 1. The zero-order chi connectivity index (χ0) is 24.6. The molecule has 2 aromatic carbocycles. The van der Waals surface area contributed by atoms with Gasteiger partial charge in [-0.25, -0.2) is 9.78 Å². The highest BCUT2D eigenvalue weighted by Crippen LogP contribution is 2.19. The maximum atomic E-state index is 12.4. The maximum absolute atomic E-state index is 12.4. The zero-order valence-electron chi connectivity index (χ0n) is 19.3. The van der Waals surface area contributed by atoms with Crippen molar-refractivity contribution >= 4 is 16.9 Å². The fourth-order valence-corrected chi connectivity index (χ4v) is 3.43. The van der Waals surface area contributed by atoms with E-state index in [9.17, 15) is 14.4 Å². The van der Waals surface area contributed by atoms with Crippen LogP contribution in [0.2, 0.25) is 0 Å². The first-order valence-electron chi connectivity index (χ1n) is 11.3. The molecule has 0 unspecified atom stereocenters. The summed E-state index contributed by atoms with van der Waals surface area (Å²) in [4.78, 5) is 42.4. The first kappa shape index (κ1) is 23.7. The molecule has 2 N–H and O–H groups in total. The summed E-state index contributed by atoms with van der Waals surface area (Å²) < 4.78 is 12.7. The highest BCUT2D eigenvalue weighted by Gasteiger charge is 2.11. The molecule has 9 nitrogen and oxygen atoms in total. The van der Waals surface area contributed by atoms with Crippen LogP contribution in [-0.4, -0.2) is 33.6 Å². The molecule has 2 heterocycles. The average Bonchev–Trinajstić information content (AvgIpc) is 2.89. The molecule has 35 heavy (non-hydrogen) atoms. The Morgan fingerprint density at radius 1 is 0.943 bits per heavy atom. The van der Waals surface area contributed by atoms with E-state index in [-0.39, 0.29) is 22.6 Å². The number of hydrogen-bond acceptors (Lipinski definition) is 6. The predicted octanol–water partition coefficient (Wildman–Crippen LogP) is 2.79. The van der Waals surface area contributed by atoms with Gasteiger partial charge in [0.1, 0.15) is 29.4 Å². The number of nitrogens with zero attached hydrogens (tertiary/aromatic N) is 2. The highest BCUT2D eigenvalue weighted by molar-refractivity contribution is 5.94. The van der Waals surface area contributed by atoms with Crippen molar-refractivity contribution in [2.75, 3.05) is 13.2 Å². The summed E-state index contributed by atoms with van der Waals surface area (Å²) >= 11 is 0. The Labute approximate surface area is 201 Å². The number of carbonyl (C=O) groups excluding carboxylic acids is 1. The van der Waals surface area contributed by atoms with E-state index in [2.05, 4.69) is 15.3 Å². The molecule has 0 atom stereocenters. The lowest BCUT2D eigenvalue weighted by Crippen LogP contribution is -2.30. The van der Waals surface area contributed by atoms with Gasteiger partial charge in [0.2, 0.25) is 0 Å². The smallest absolute Gasteiger partial charge is 0.329 e. The molecule has 4 aromatic rings. The topological polar surface area (TPSA) is 115 Å². The lowest BCUT2D eigenvalue weighted by Gasteiger charge is -2.09. The Kier molecular flexibility index (Phi) is 7.57. The van der Waals surface area contributed by atoms with Crippen LogP contribution >= 0.6 is 0 Å². The van der Waals surface area contributed by atoms with Gasteiger partial charge in [-0.2, -0.15) is 0 Å². The Morgan fingerprint density at radius 2 is 1.66 bits per heavy atom. The molecular formula is C26H26N4O5. The second-order valence-electron chi connectivity index (χ2n) is 7.94. The number of benzene rings is 2. The lowest BCUT2D eigenvalue weighted by atomic mass is 10.2. The summed E-state index contributed by atoms with van der Waals surface area (Å²) in [6.07, 6.45) is 1.47. The second-order valence-corrected chi connectivity index (χ2v) is 7.94. The molecule has 0 spiro atoms. The highest BCUT2D eigenvalue weighted by atomic mass is 16.5. The number of aromatic amines is 1. The van der Waals surface area contributed by atoms with E-state index >= 15 is 0 Å². The Hall–Kier alpha value is -4.40. The summed E-state index contributed by atoms with van der Waals surface area (Å²) in [6.45, 7) is 1.47. The fourth-order valence-electron chi connectivity index (χ4n) is 3.43. The quantitative estimate of drug-likeness (QED) is 0.342. The minimum absolute atomic E-state index is 0.143. The van der Waals surface area contributed by atoms with Crippen molar-refractivity contribution in [1.29, 1.82) is 0 Å². The minimum Gasteiger partial charge on any atom is -0.494 e. The molecule has 180 valence electrons. The average molecular weight is 475 g/mol. The van der Waals surface area contributed by atoms with Crippen LogP contribution in [0.25, 0.3) is 11.0 Å². The molecule has 0 aliphatic rings. The van der Waals surface area contributed by atoms with Crippen molar-refractivity contribution in [3.63, 3.8) is 0 Å². The monoisotopic (exact) mass is 474 g/mol. The van der Waals surface area contributed by atoms with Crippen molar-refractivity contribution in [2.24, 2.45) is 7.05 Å². The molecule has 4 rings (SSSR count). The lowest BCUT2D eigenvalue weighted by molar-refractivity contribution is 0.0947. The molecule has 9 heteroatoms. The first-order valence-corrected chi connectivity index (χ1v) is 11.3. The summed E-state index contributed by atoms with van der Waals surface area (Å²) in [7, 11) is 1.49. The molecule has 2 aromatic heterocycles. The van der Waals surface area contributed by atoms with E-state index in [4.69, 9.17) is 9.47 Å². The molecule has 0 aliphatic heterocycles. The van der Waals surface area contributed by atoms with Crippen molar-refractivity contribution in [1.82, 2.24) is 19.9 Å². The number of carbonyl (C=O) groups is 1. The normalized spacial score (nSPS) is 10.8. The SMILES string of the molecule is Cn1c(=O)[nH]c(=O)c2ccc(C(=O)NCCCCOc3ccc(OCc4ccccc4)cc3)nc21. The summed E-state index contributed by atoms with van der Waals surface area (Å²) in [5.74, 6) is 1.16. The number of ether oxygens (including phenoxy) is 2. The summed E-state index contributed by atoms with van der Waals surface area (Å²) in [5, 5.41) is 3.05. The van der Waals surface area contributed by atoms with E-state index in [1.807, 2.05) is 54.6 Å². The van der Waals surface area contributed by atoms with Gasteiger partial charge in [0, 0.05) is 13.6 Å². The van der Waals surface area contributed by atoms with Crippen LogP contribution in [0.15, 0.2) is 76.3 Å². The van der Waals surface area contributed by atoms with Gasteiger partial charge in [0.25, 0.3) is 11.5 Å².